The smallest absolute Gasteiger partial charge is 0.254 e. The molecule has 200 valence electrons. The van der Waals surface area contributed by atoms with Crippen LogP contribution in [-0.2, 0) is 9.59 Å². The minimum Gasteiger partial charge on any atom is -0.497 e. The summed E-state index contributed by atoms with van der Waals surface area (Å²) >= 11 is 0. The first-order chi connectivity index (χ1) is 18.9. The van der Waals surface area contributed by atoms with Crippen molar-refractivity contribution in [3.05, 3.63) is 106 Å². The number of Topliss-reactive ketones (excluding diaryl/α,β-unsaturated/α-hetero) is 1. The lowest BCUT2D eigenvalue weighted by atomic mass is 9.71. The van der Waals surface area contributed by atoms with Gasteiger partial charge in [-0.1, -0.05) is 36.4 Å². The molecule has 7 nitrogen and oxygen atoms in total. The van der Waals surface area contributed by atoms with Gasteiger partial charge in [-0.2, -0.15) is 0 Å². The van der Waals surface area contributed by atoms with Crippen LogP contribution in [0.4, 0.5) is 5.69 Å². The van der Waals surface area contributed by atoms with E-state index in [1.165, 1.54) is 0 Å². The lowest BCUT2D eigenvalue weighted by molar-refractivity contribution is -0.116. The van der Waals surface area contributed by atoms with Gasteiger partial charge in [0.15, 0.2) is 17.3 Å². The van der Waals surface area contributed by atoms with Crippen LogP contribution in [0.25, 0.3) is 0 Å². The fourth-order valence-electron chi connectivity index (χ4n) is 5.53. The van der Waals surface area contributed by atoms with E-state index in [1.807, 2.05) is 55.5 Å². The Labute approximate surface area is 228 Å². The van der Waals surface area contributed by atoms with Crippen molar-refractivity contribution < 1.29 is 23.8 Å². The third-order valence-corrected chi connectivity index (χ3v) is 7.43. The van der Waals surface area contributed by atoms with E-state index in [4.69, 9.17) is 14.2 Å². The number of nitrogens with one attached hydrogen (secondary N) is 2. The van der Waals surface area contributed by atoms with Gasteiger partial charge in [-0.05, 0) is 66.8 Å². The van der Waals surface area contributed by atoms with Crippen LogP contribution in [0, 0.1) is 0 Å². The number of ketones is 1. The Bertz CT molecular complexity index is 1460. The molecule has 0 aromatic heterocycles. The second kappa shape index (κ2) is 11.1. The van der Waals surface area contributed by atoms with E-state index in [9.17, 15) is 9.59 Å². The number of dihydropyridines is 1. The van der Waals surface area contributed by atoms with Crippen LogP contribution in [-0.4, -0.2) is 33.0 Å². The number of carbonyl (C=O) groups is 2. The van der Waals surface area contributed by atoms with Gasteiger partial charge in [0, 0.05) is 40.6 Å². The lowest BCUT2D eigenvalue weighted by Gasteiger charge is -2.37. The van der Waals surface area contributed by atoms with Gasteiger partial charge >= 0.3 is 0 Å². The fourth-order valence-corrected chi connectivity index (χ4v) is 5.53. The Morgan fingerprint density at radius 2 is 1.56 bits per heavy atom. The molecule has 0 saturated carbocycles. The average Bonchev–Trinajstić information content (AvgIpc) is 2.96. The first kappa shape index (κ1) is 26.1. The summed E-state index contributed by atoms with van der Waals surface area (Å²) < 4.78 is 16.1. The number of anilines is 1. The summed E-state index contributed by atoms with van der Waals surface area (Å²) in [4.78, 5) is 27.6. The van der Waals surface area contributed by atoms with Gasteiger partial charge in [0.25, 0.3) is 5.91 Å². The summed E-state index contributed by atoms with van der Waals surface area (Å²) in [5.74, 6) is 1.27. The molecule has 1 amide bonds. The van der Waals surface area contributed by atoms with Crippen molar-refractivity contribution in [3.63, 3.8) is 0 Å². The minimum absolute atomic E-state index is 0.0255. The summed E-state index contributed by atoms with van der Waals surface area (Å²) in [6.07, 6.45) is 0.983. The molecule has 7 heteroatoms. The number of ether oxygens (including phenoxy) is 3. The maximum Gasteiger partial charge on any atom is 0.254 e. The van der Waals surface area contributed by atoms with Crippen LogP contribution in [0.3, 0.4) is 0 Å². The zero-order chi connectivity index (χ0) is 27.5. The van der Waals surface area contributed by atoms with E-state index < -0.39 is 5.92 Å². The molecule has 2 aliphatic rings. The molecule has 5 rings (SSSR count). The summed E-state index contributed by atoms with van der Waals surface area (Å²) in [7, 11) is 4.81. The van der Waals surface area contributed by atoms with Crippen LogP contribution >= 0.6 is 0 Å². The highest BCUT2D eigenvalue weighted by Crippen LogP contribution is 2.46. The molecular formula is C32H32N2O5. The van der Waals surface area contributed by atoms with Crippen LogP contribution in [0.5, 0.6) is 17.2 Å². The fraction of sp³-hybridized carbons (Fsp3) is 0.250. The molecule has 2 atom stereocenters. The number of carbonyl (C=O) groups excluding carboxylic acids is 2. The zero-order valence-corrected chi connectivity index (χ0v) is 22.5. The Morgan fingerprint density at radius 1 is 0.846 bits per heavy atom. The average molecular weight is 525 g/mol. The number of rotatable bonds is 7. The molecule has 0 radical (unpaired) electrons. The van der Waals surface area contributed by atoms with Crippen LogP contribution < -0.4 is 24.8 Å². The molecule has 0 bridgehead atoms. The van der Waals surface area contributed by atoms with Gasteiger partial charge in [0.2, 0.25) is 0 Å². The molecule has 3 aromatic carbocycles. The molecule has 1 aliphatic heterocycles. The SMILES string of the molecule is COc1ccc(NC(=O)C2=C(C)NC3=C(C(=O)C[C@@H](c4ccc(OC)c(OC)c4)C3)[C@H]2c2ccccc2)cc1. The van der Waals surface area contributed by atoms with Crippen molar-refractivity contribution in [2.45, 2.75) is 31.6 Å². The Hall–Kier alpha value is -4.52. The summed E-state index contributed by atoms with van der Waals surface area (Å²) in [6, 6.07) is 22.7. The van der Waals surface area contributed by atoms with Crippen LogP contribution in [0.2, 0.25) is 0 Å². The van der Waals surface area contributed by atoms with Crippen molar-refractivity contribution in [3.8, 4) is 17.2 Å². The summed E-state index contributed by atoms with van der Waals surface area (Å²) in [5.41, 5.74) is 5.35. The van der Waals surface area contributed by atoms with Gasteiger partial charge in [-0.3, -0.25) is 9.59 Å². The molecule has 0 unspecified atom stereocenters. The second-order valence-corrected chi connectivity index (χ2v) is 9.72. The van der Waals surface area contributed by atoms with Crippen LogP contribution in [0.15, 0.2) is 95.3 Å². The van der Waals surface area contributed by atoms with Crippen molar-refractivity contribution in [2.24, 2.45) is 0 Å². The van der Waals surface area contributed by atoms with Crippen molar-refractivity contribution in [2.75, 3.05) is 26.6 Å². The molecule has 1 heterocycles. The third-order valence-electron chi connectivity index (χ3n) is 7.43. The third kappa shape index (κ3) is 5.12. The molecule has 0 fully saturated rings. The highest BCUT2D eigenvalue weighted by atomic mass is 16.5. The highest BCUT2D eigenvalue weighted by molar-refractivity contribution is 6.10. The maximum atomic E-state index is 13.9. The molecule has 39 heavy (non-hydrogen) atoms. The Kier molecular flexibility index (Phi) is 7.41. The summed E-state index contributed by atoms with van der Waals surface area (Å²) in [5, 5.41) is 6.45. The second-order valence-electron chi connectivity index (χ2n) is 9.72. The standard InChI is InChI=1S/C32H32N2O5/c1-19-29(32(36)34-23-11-13-24(37-2)14-12-23)30(20-8-6-5-7-9-20)31-25(33-19)16-22(17-26(31)35)21-10-15-27(38-3)28(18-21)39-4/h5-15,18,22,30,33H,16-17H2,1-4H3,(H,34,36)/t22-,30-/m0/s1. The first-order valence-electron chi connectivity index (χ1n) is 12.9. The molecule has 2 N–H and O–H groups in total. The lowest BCUT2D eigenvalue weighted by Crippen LogP contribution is -2.37. The molecular weight excluding hydrogens is 492 g/mol. The van der Waals surface area contributed by atoms with E-state index in [0.29, 0.717) is 46.9 Å². The predicted octanol–water partition coefficient (Wildman–Crippen LogP) is 5.71. The topological polar surface area (TPSA) is 85.9 Å². The zero-order valence-electron chi connectivity index (χ0n) is 22.5. The van der Waals surface area contributed by atoms with Gasteiger partial charge in [-0.15, -0.1) is 0 Å². The van der Waals surface area contributed by atoms with E-state index in [2.05, 4.69) is 10.6 Å². The number of allylic oxidation sites excluding steroid dienone is 3. The van der Waals surface area contributed by atoms with Gasteiger partial charge in [0.1, 0.15) is 5.75 Å². The van der Waals surface area contributed by atoms with Gasteiger partial charge in [-0.25, -0.2) is 0 Å². The van der Waals surface area contributed by atoms with E-state index in [0.717, 1.165) is 22.5 Å². The Morgan fingerprint density at radius 3 is 2.23 bits per heavy atom. The largest absolute Gasteiger partial charge is 0.497 e. The quantitative estimate of drug-likeness (QED) is 0.412. The highest BCUT2D eigenvalue weighted by Gasteiger charge is 2.41. The van der Waals surface area contributed by atoms with Crippen molar-refractivity contribution in [1.29, 1.82) is 0 Å². The van der Waals surface area contributed by atoms with E-state index in [1.54, 1.807) is 45.6 Å². The maximum absolute atomic E-state index is 13.9. The first-order valence-corrected chi connectivity index (χ1v) is 12.9. The van der Waals surface area contributed by atoms with E-state index >= 15 is 0 Å². The number of benzene rings is 3. The molecule has 3 aromatic rings. The molecule has 1 aliphatic carbocycles. The minimum atomic E-state index is -0.473. The van der Waals surface area contributed by atoms with Gasteiger partial charge in [0.05, 0.1) is 21.3 Å². The number of amides is 1. The predicted molar refractivity (Wildman–Crippen MR) is 150 cm³/mol. The number of hydrogen-bond donors (Lipinski definition) is 2. The Balaban J connectivity index is 1.50. The molecule has 0 spiro atoms. The van der Waals surface area contributed by atoms with Crippen molar-refractivity contribution in [1.82, 2.24) is 5.32 Å². The van der Waals surface area contributed by atoms with Crippen LogP contribution in [0.1, 0.15) is 42.7 Å². The molecule has 0 saturated heterocycles. The number of hydrogen-bond acceptors (Lipinski definition) is 6. The van der Waals surface area contributed by atoms with Crippen molar-refractivity contribution >= 4 is 17.4 Å². The number of methoxy groups -OCH3 is 3. The normalized spacial score (nSPS) is 18.7. The van der Waals surface area contributed by atoms with E-state index in [-0.39, 0.29) is 17.6 Å². The summed E-state index contributed by atoms with van der Waals surface area (Å²) in [6.45, 7) is 1.90. The monoisotopic (exact) mass is 524 g/mol. The van der Waals surface area contributed by atoms with Gasteiger partial charge < -0.3 is 24.8 Å².